The molecule has 629 valence electrons. The minimum atomic E-state index is -5.57. The average molecular weight is 1840 g/mol. The second-order valence-electron chi connectivity index (χ2n) is 32.5. The summed E-state index contributed by atoms with van der Waals surface area (Å²) in [5.74, 6) is -3.64. The van der Waals surface area contributed by atoms with Crippen molar-refractivity contribution in [3.63, 3.8) is 0 Å². The molecule has 0 aliphatic heterocycles. The van der Waals surface area contributed by atoms with Crippen molar-refractivity contribution in [2.45, 2.75) is 99.8 Å². The third-order valence-corrected chi connectivity index (χ3v) is 24.0. The van der Waals surface area contributed by atoms with Gasteiger partial charge in [-0.1, -0.05) is 273 Å². The predicted octanol–water partition coefficient (Wildman–Crippen LogP) is 29.1. The van der Waals surface area contributed by atoms with Crippen LogP contribution in [0.3, 0.4) is 0 Å². The fourth-order valence-electron chi connectivity index (χ4n) is 17.3. The van der Waals surface area contributed by atoms with Crippen LogP contribution in [0.1, 0.15) is 88.8 Å². The van der Waals surface area contributed by atoms with Crippen LogP contribution in [0.4, 0.5) is 26.3 Å². The Morgan fingerprint density at radius 3 is 1.18 bits per heavy atom. The Balaban J connectivity index is 0.000000128. The molecule has 1 N–H and O–H groups in total. The molecule has 17 heteroatoms. The average Bonchev–Trinajstić information content (AvgIpc) is 1.66. The molecule has 0 aliphatic rings. The van der Waals surface area contributed by atoms with Gasteiger partial charge >= 0.3 is 12.4 Å². The zero-order valence-electron chi connectivity index (χ0n) is 70.5. The van der Waals surface area contributed by atoms with Gasteiger partial charge in [-0.3, -0.25) is 9.31 Å². The number of benzene rings is 13. The number of aliphatic hydroxyl groups excluding tert-OH is 1. The molecular weight excluding hydrogens is 1750 g/mol. The number of ether oxygens (including phenoxy) is 1. The second kappa shape index (κ2) is 35.9. The number of pyridine rings is 2. The molecule has 0 saturated carbocycles. The summed E-state index contributed by atoms with van der Waals surface area (Å²) in [7, 11) is 0. The molecule has 0 amide bonds. The molecule has 20 aromatic rings. The maximum absolute atomic E-state index is 12.6. The van der Waals surface area contributed by atoms with Crippen molar-refractivity contribution in [3.05, 3.63) is 355 Å². The number of hydrogen-bond acceptors (Lipinski definition) is 5. The molecule has 0 spiro atoms. The Morgan fingerprint density at radius 2 is 0.792 bits per heavy atom. The quantitative estimate of drug-likeness (QED) is 0.0322. The van der Waals surface area contributed by atoms with Crippen molar-refractivity contribution >= 4 is 126 Å². The number of carbonyl (C=O) groups is 1. The van der Waals surface area contributed by atoms with Crippen LogP contribution < -0.4 is 4.74 Å². The number of alkyl halides is 6. The van der Waals surface area contributed by atoms with Gasteiger partial charge < -0.3 is 33.1 Å². The van der Waals surface area contributed by atoms with Crippen molar-refractivity contribution in [1.29, 1.82) is 0 Å². The summed E-state index contributed by atoms with van der Waals surface area (Å²) in [5.41, 5.74) is 22.6. The van der Waals surface area contributed by atoms with E-state index in [1.54, 1.807) is 6.20 Å². The number of nitrogens with zero attached hydrogens (tertiary/aromatic N) is 7. The Kier molecular flexibility index (Phi) is 24.4. The standard InChI is InChI=1S/C41H34N2.C35H30N2.C16H16F6O3.C16H12N3.Ir/c1-3-28(2)24-29-20-22-30(23-21-29)31-25-32(42-38-16-8-4-12-34(38)35-13-5-9-17-39(35)42)27-33(26-31)43-40-18-10-6-14-36(40)37-15-7-11-19-41(37)43;1-3-24(2)20-25-21-26(36-32-16-8-4-12-28(32)29-13-5-9-17-33(29)36)23-27(22-25)37-34-18-10-6-14-30(34)31-15-7-11-19-35(31)37;1-3-9(2)8-25-11-6-4-10(5-7-11)12(13(23)15(17,18)19)14(24)16(20,21)22;1-10-5-3-6-12-14-9-11(2)18-19(14)13-7-4-8-17-16(13)15(10)12;/h4-23,25-28H,3,24H2,1-2H3;4-19,21-24H,3,20H2,1-2H3;4-7,9,23H,3,8H2,1-2H3;3-6,8-9H,1-2H3;/q;;;-1;. The monoisotopic (exact) mass is 1840 g/mol. The van der Waals surface area contributed by atoms with E-state index in [-0.39, 0.29) is 31.8 Å². The Hall–Kier alpha value is -13.3. The molecule has 0 saturated heterocycles. The van der Waals surface area contributed by atoms with Crippen molar-refractivity contribution in [2.24, 2.45) is 17.8 Å². The molecule has 3 unspecified atom stereocenters. The van der Waals surface area contributed by atoms with Crippen LogP contribution in [0.15, 0.2) is 321 Å². The molecular formula is C108H92F6IrN7O3-. The largest absolute Gasteiger partial charge is 0.504 e. The summed E-state index contributed by atoms with van der Waals surface area (Å²) < 4.78 is 92.6. The van der Waals surface area contributed by atoms with Gasteiger partial charge in [0.05, 0.1) is 67.5 Å². The Labute approximate surface area is 734 Å². The van der Waals surface area contributed by atoms with Crippen molar-refractivity contribution < 1.29 is 61.1 Å². The number of aliphatic hydroxyl groups is 1. The van der Waals surface area contributed by atoms with E-state index in [1.807, 2.05) is 31.4 Å². The topological polar surface area (TPSA) is 96.4 Å². The summed E-state index contributed by atoms with van der Waals surface area (Å²) in [5, 5.41) is 26.3. The minimum absolute atomic E-state index is 0. The first-order chi connectivity index (χ1) is 60.0. The first-order valence-electron chi connectivity index (χ1n) is 42.3. The van der Waals surface area contributed by atoms with Crippen LogP contribution in [0.5, 0.6) is 5.75 Å². The van der Waals surface area contributed by atoms with Gasteiger partial charge in [0.1, 0.15) is 5.75 Å². The molecule has 7 heterocycles. The van der Waals surface area contributed by atoms with E-state index in [2.05, 4.69) is 348 Å². The van der Waals surface area contributed by atoms with Crippen LogP contribution >= 0.6 is 0 Å². The van der Waals surface area contributed by atoms with Gasteiger partial charge in [0, 0.05) is 85.9 Å². The van der Waals surface area contributed by atoms with Crippen LogP contribution in [0.2, 0.25) is 0 Å². The van der Waals surface area contributed by atoms with E-state index >= 15 is 0 Å². The molecule has 7 aromatic heterocycles. The number of rotatable bonds is 17. The van der Waals surface area contributed by atoms with Crippen molar-refractivity contribution in [3.8, 4) is 39.6 Å². The molecule has 20 rings (SSSR count). The fraction of sp³-hybridized carbons (Fsp3) is 0.176. The molecule has 13 aromatic carbocycles. The maximum Gasteiger partial charge on any atom is 0.455 e. The minimum Gasteiger partial charge on any atom is -0.504 e. The van der Waals surface area contributed by atoms with E-state index in [4.69, 9.17) is 9.84 Å². The summed E-state index contributed by atoms with van der Waals surface area (Å²) in [6.45, 7) is 17.5. The smallest absolute Gasteiger partial charge is 0.455 e. The first-order valence-corrected chi connectivity index (χ1v) is 42.3. The van der Waals surface area contributed by atoms with Crippen molar-refractivity contribution in [1.82, 2.24) is 32.9 Å². The molecule has 0 fully saturated rings. The number of carbonyl (C=O) groups excluding carboxylic acids is 1. The van der Waals surface area contributed by atoms with Gasteiger partial charge in [-0.2, -0.15) is 43.6 Å². The number of ketones is 1. The number of hydrogen-bond donors (Lipinski definition) is 1. The molecule has 0 bridgehead atoms. The number of para-hydroxylation sites is 8. The van der Waals surface area contributed by atoms with E-state index in [9.17, 15) is 31.1 Å². The van der Waals surface area contributed by atoms with Crippen molar-refractivity contribution in [2.75, 3.05) is 6.61 Å². The number of halogens is 6. The molecule has 1 radical (unpaired) electrons. The SMILES string of the molecule is CCC(C)COc1ccc(C(C(=O)C(F)(F)F)=C(O)C(F)(F)F)cc1.CCC(C)Cc1cc(-n2c3ccccc3c3ccccc32)cc(-n2c3ccccc3c3ccccc32)c1.CCC(C)Cc1ccc(-c2cc(-n3c4ccccc4c4ccccc43)cc(-n3c4ccccc4c4ccccc43)c2)cc1.Cc1cc2c3cccc(C)c3c3ncc[c-]c3n2n1.[Ir]. The van der Waals surface area contributed by atoms with Gasteiger partial charge in [-0.05, 0) is 197 Å². The van der Waals surface area contributed by atoms with E-state index in [0.717, 1.165) is 77.1 Å². The number of aromatic nitrogens is 7. The van der Waals surface area contributed by atoms with Crippen LogP contribution in [-0.4, -0.2) is 62.7 Å². The summed E-state index contributed by atoms with van der Waals surface area (Å²) in [4.78, 5) is 15.9. The first kappa shape index (κ1) is 85.2. The summed E-state index contributed by atoms with van der Waals surface area (Å²) >= 11 is 0. The van der Waals surface area contributed by atoms with Crippen LogP contribution in [-0.2, 0) is 37.7 Å². The zero-order chi connectivity index (χ0) is 86.2. The third-order valence-electron chi connectivity index (χ3n) is 24.0. The van der Waals surface area contributed by atoms with E-state index < -0.39 is 35.0 Å². The summed E-state index contributed by atoms with van der Waals surface area (Å²) in [6.07, 6.45) is -3.91. The van der Waals surface area contributed by atoms with Gasteiger partial charge in [-0.15, -0.1) is 0 Å². The summed E-state index contributed by atoms with van der Waals surface area (Å²) in [6, 6.07) is 111. The normalized spacial score (nSPS) is 12.8. The molecule has 125 heavy (non-hydrogen) atoms. The van der Waals surface area contributed by atoms with Crippen LogP contribution in [0.25, 0.3) is 154 Å². The van der Waals surface area contributed by atoms with Gasteiger partial charge in [0.25, 0.3) is 5.78 Å². The predicted molar refractivity (Wildman–Crippen MR) is 496 cm³/mol. The van der Waals surface area contributed by atoms with Gasteiger partial charge in [0.15, 0.2) is 0 Å². The van der Waals surface area contributed by atoms with E-state index in [1.165, 1.54) is 150 Å². The number of allylic oxidation sites excluding steroid dienone is 2. The van der Waals surface area contributed by atoms with Gasteiger partial charge in [0.2, 0.25) is 5.76 Å². The van der Waals surface area contributed by atoms with Gasteiger partial charge in [-0.25, -0.2) is 0 Å². The van der Waals surface area contributed by atoms with Crippen LogP contribution in [0, 0.1) is 37.7 Å². The fourth-order valence-corrected chi connectivity index (χ4v) is 17.3. The zero-order valence-corrected chi connectivity index (χ0v) is 72.9. The molecule has 10 nitrogen and oxygen atoms in total. The maximum atomic E-state index is 12.6. The van der Waals surface area contributed by atoms with E-state index in [0.29, 0.717) is 18.4 Å². The number of Topliss-reactive ketones (excluding diaryl/α,β-unsaturated/α-hetero) is 1. The Bertz CT molecular complexity index is 6960. The molecule has 0 aliphatic carbocycles. The second-order valence-corrected chi connectivity index (χ2v) is 32.5. The number of aryl methyl sites for hydroxylation is 2. The third kappa shape index (κ3) is 16.8. The molecule has 3 atom stereocenters. The Morgan fingerprint density at radius 1 is 0.416 bits per heavy atom. The number of fused-ring (bicyclic) bond motifs is 18.